The number of nitrogens with zero attached hydrogens (tertiary/aromatic N) is 2. The summed E-state index contributed by atoms with van der Waals surface area (Å²) in [5, 5.41) is 3.15. The lowest BCUT2D eigenvalue weighted by molar-refractivity contribution is -0.160. The maximum Gasteiger partial charge on any atom is 0.406 e. The van der Waals surface area contributed by atoms with Crippen molar-refractivity contribution in [1.29, 1.82) is 0 Å². The first-order valence-corrected chi connectivity index (χ1v) is 10.6. The lowest BCUT2D eigenvalue weighted by Crippen LogP contribution is -2.38. The number of amidine groups is 1. The summed E-state index contributed by atoms with van der Waals surface area (Å²) in [6.45, 7) is 3.47. The van der Waals surface area contributed by atoms with E-state index in [0.29, 0.717) is 17.3 Å². The van der Waals surface area contributed by atoms with Crippen molar-refractivity contribution in [1.82, 2.24) is 10.2 Å². The average molecular weight is 450 g/mol. The largest absolute Gasteiger partial charge is 0.406 e. The second-order valence-electron chi connectivity index (χ2n) is 6.66. The van der Waals surface area contributed by atoms with Gasteiger partial charge >= 0.3 is 6.18 Å². The molecule has 30 heavy (non-hydrogen) atoms. The molecule has 0 saturated heterocycles. The fourth-order valence-electron chi connectivity index (χ4n) is 2.57. The van der Waals surface area contributed by atoms with E-state index < -0.39 is 18.6 Å². The zero-order valence-electron chi connectivity index (χ0n) is 17.3. The van der Waals surface area contributed by atoms with Crippen molar-refractivity contribution in [2.75, 3.05) is 18.8 Å². The van der Waals surface area contributed by atoms with Crippen molar-refractivity contribution >= 4 is 28.7 Å². The molecule has 10 heteroatoms. The first-order chi connectivity index (χ1) is 14.0. The Morgan fingerprint density at radius 1 is 1.20 bits per heavy atom. The molecule has 1 N–H and O–H groups in total. The third-order valence-electron chi connectivity index (χ3n) is 4.09. The SMILES string of the molecule is CCSC(=N[C@@H](C)c1ccc(F)cc1)NC(=O)CCCCN(CC(F)(F)F)C(C)=O. The van der Waals surface area contributed by atoms with Crippen LogP contribution in [-0.2, 0) is 9.59 Å². The van der Waals surface area contributed by atoms with Gasteiger partial charge in [0.1, 0.15) is 12.4 Å². The number of halogens is 4. The average Bonchev–Trinajstić information content (AvgIpc) is 2.63. The summed E-state index contributed by atoms with van der Waals surface area (Å²) in [6.07, 6.45) is -3.73. The zero-order valence-corrected chi connectivity index (χ0v) is 18.1. The van der Waals surface area contributed by atoms with Gasteiger partial charge in [-0.1, -0.05) is 30.8 Å². The summed E-state index contributed by atoms with van der Waals surface area (Å²) in [4.78, 5) is 28.7. The second kappa shape index (κ2) is 12.6. The highest BCUT2D eigenvalue weighted by molar-refractivity contribution is 8.13. The molecular weight excluding hydrogens is 422 g/mol. The van der Waals surface area contributed by atoms with Gasteiger partial charge in [-0.3, -0.25) is 14.6 Å². The molecule has 168 valence electrons. The van der Waals surface area contributed by atoms with Crippen LogP contribution in [0.3, 0.4) is 0 Å². The fourth-order valence-corrected chi connectivity index (χ4v) is 3.26. The third-order valence-corrected chi connectivity index (χ3v) is 4.86. The van der Waals surface area contributed by atoms with Crippen molar-refractivity contribution in [3.8, 4) is 0 Å². The van der Waals surface area contributed by atoms with E-state index in [4.69, 9.17) is 0 Å². The van der Waals surface area contributed by atoms with Crippen molar-refractivity contribution < 1.29 is 27.2 Å². The molecule has 0 radical (unpaired) electrons. The Morgan fingerprint density at radius 3 is 2.37 bits per heavy atom. The Morgan fingerprint density at radius 2 is 1.83 bits per heavy atom. The van der Waals surface area contributed by atoms with E-state index in [-0.39, 0.29) is 37.2 Å². The molecule has 1 atom stereocenters. The highest BCUT2D eigenvalue weighted by Gasteiger charge is 2.31. The van der Waals surface area contributed by atoms with Crippen LogP contribution < -0.4 is 5.32 Å². The number of rotatable bonds is 9. The van der Waals surface area contributed by atoms with Gasteiger partial charge < -0.3 is 10.2 Å². The summed E-state index contributed by atoms with van der Waals surface area (Å²) in [7, 11) is 0. The Balaban J connectivity index is 2.55. The van der Waals surface area contributed by atoms with Gasteiger partial charge in [0.2, 0.25) is 11.8 Å². The van der Waals surface area contributed by atoms with Crippen molar-refractivity contribution in [3.63, 3.8) is 0 Å². The van der Waals surface area contributed by atoms with Crippen LogP contribution in [0, 0.1) is 5.82 Å². The molecule has 0 bridgehead atoms. The number of amides is 2. The first-order valence-electron chi connectivity index (χ1n) is 9.60. The van der Waals surface area contributed by atoms with E-state index in [1.54, 1.807) is 12.1 Å². The standard InChI is InChI=1S/C20H27F4N3O2S/c1-4-30-19(25-14(2)16-8-10-17(21)11-9-16)26-18(29)7-5-6-12-27(15(3)28)13-20(22,23)24/h8-11,14H,4-7,12-13H2,1-3H3,(H,25,26,29)/t14-/m0/s1. The first kappa shape index (κ1) is 25.9. The minimum atomic E-state index is -4.45. The Labute approximate surface area is 178 Å². The number of nitrogens with one attached hydrogen (secondary N) is 1. The Hall–Kier alpha value is -2.10. The van der Waals surface area contributed by atoms with Gasteiger partial charge in [-0.05, 0) is 43.2 Å². The second-order valence-corrected chi connectivity index (χ2v) is 7.91. The van der Waals surface area contributed by atoms with Crippen LogP contribution in [0.5, 0.6) is 0 Å². The highest BCUT2D eigenvalue weighted by atomic mass is 32.2. The van der Waals surface area contributed by atoms with Gasteiger partial charge in [0, 0.05) is 19.9 Å². The zero-order chi connectivity index (χ0) is 22.7. The third kappa shape index (κ3) is 10.6. The summed E-state index contributed by atoms with van der Waals surface area (Å²) in [6, 6.07) is 5.65. The molecule has 1 aromatic carbocycles. The number of alkyl halides is 3. The van der Waals surface area contributed by atoms with E-state index in [9.17, 15) is 27.2 Å². The van der Waals surface area contributed by atoms with E-state index in [2.05, 4.69) is 10.3 Å². The molecule has 0 aliphatic rings. The molecule has 1 aromatic rings. The molecule has 0 aliphatic heterocycles. The number of unbranched alkanes of at least 4 members (excludes halogenated alkanes) is 1. The highest BCUT2D eigenvalue weighted by Crippen LogP contribution is 2.19. The lowest BCUT2D eigenvalue weighted by Gasteiger charge is -2.22. The van der Waals surface area contributed by atoms with Crippen LogP contribution in [0.2, 0.25) is 0 Å². The van der Waals surface area contributed by atoms with Crippen LogP contribution in [0.15, 0.2) is 29.3 Å². The van der Waals surface area contributed by atoms with Crippen LogP contribution in [0.25, 0.3) is 0 Å². The van der Waals surface area contributed by atoms with Crippen LogP contribution in [0.1, 0.15) is 51.6 Å². The van der Waals surface area contributed by atoms with Crippen LogP contribution in [-0.4, -0.2) is 46.9 Å². The van der Waals surface area contributed by atoms with Gasteiger partial charge in [-0.15, -0.1) is 0 Å². The predicted molar refractivity (Wildman–Crippen MR) is 111 cm³/mol. The molecule has 0 fully saturated rings. The minimum absolute atomic E-state index is 0.0611. The van der Waals surface area contributed by atoms with E-state index in [1.165, 1.54) is 23.9 Å². The molecule has 0 unspecified atom stereocenters. The van der Waals surface area contributed by atoms with Crippen LogP contribution >= 0.6 is 11.8 Å². The Bertz CT molecular complexity index is 724. The topological polar surface area (TPSA) is 61.8 Å². The lowest BCUT2D eigenvalue weighted by atomic mass is 10.1. The normalized spacial score (nSPS) is 13.1. The number of carbonyl (C=O) groups is 2. The summed E-state index contributed by atoms with van der Waals surface area (Å²) in [5.41, 5.74) is 0.800. The van der Waals surface area contributed by atoms with Crippen molar-refractivity contribution in [2.45, 2.75) is 52.3 Å². The fraction of sp³-hybridized carbons (Fsp3) is 0.550. The number of carbonyl (C=O) groups excluding carboxylic acids is 2. The molecule has 5 nitrogen and oxygen atoms in total. The van der Waals surface area contributed by atoms with Gasteiger partial charge in [-0.25, -0.2) is 4.39 Å². The van der Waals surface area contributed by atoms with E-state index in [0.717, 1.165) is 17.4 Å². The van der Waals surface area contributed by atoms with Crippen molar-refractivity contribution in [2.24, 2.45) is 4.99 Å². The number of hydrogen-bond acceptors (Lipinski definition) is 4. The number of hydrogen-bond donors (Lipinski definition) is 1. The van der Waals surface area contributed by atoms with Gasteiger partial charge in [0.25, 0.3) is 0 Å². The predicted octanol–water partition coefficient (Wildman–Crippen LogP) is 4.69. The molecule has 0 aromatic heterocycles. The smallest absolute Gasteiger partial charge is 0.334 e. The molecule has 0 heterocycles. The number of thioether (sulfide) groups is 1. The van der Waals surface area contributed by atoms with E-state index in [1.807, 2.05) is 13.8 Å². The molecule has 0 spiro atoms. The maximum atomic E-state index is 13.1. The molecular formula is C20H27F4N3O2S. The quantitative estimate of drug-likeness (QED) is 0.257. The molecule has 2 amide bonds. The van der Waals surface area contributed by atoms with Gasteiger partial charge in [-0.2, -0.15) is 13.2 Å². The minimum Gasteiger partial charge on any atom is -0.334 e. The van der Waals surface area contributed by atoms with E-state index >= 15 is 0 Å². The molecule has 0 saturated carbocycles. The number of benzene rings is 1. The molecule has 1 rings (SSSR count). The van der Waals surface area contributed by atoms with Gasteiger partial charge in [0.05, 0.1) is 6.04 Å². The van der Waals surface area contributed by atoms with Gasteiger partial charge in [0.15, 0.2) is 5.17 Å². The summed E-state index contributed by atoms with van der Waals surface area (Å²) < 4.78 is 50.5. The summed E-state index contributed by atoms with van der Waals surface area (Å²) >= 11 is 1.35. The van der Waals surface area contributed by atoms with Crippen molar-refractivity contribution in [3.05, 3.63) is 35.6 Å². The molecule has 0 aliphatic carbocycles. The maximum absolute atomic E-state index is 13.1. The van der Waals surface area contributed by atoms with Crippen LogP contribution in [0.4, 0.5) is 17.6 Å². The number of aliphatic imine (C=N–C) groups is 1. The monoisotopic (exact) mass is 449 g/mol. The Kier molecular flexibility index (Phi) is 10.9. The summed E-state index contributed by atoms with van der Waals surface area (Å²) in [5.74, 6) is -0.614.